The van der Waals surface area contributed by atoms with E-state index in [4.69, 9.17) is 29.2 Å². The summed E-state index contributed by atoms with van der Waals surface area (Å²) < 4.78 is 54.0. The Morgan fingerprint density at radius 1 is 0.867 bits per heavy atom. The Morgan fingerprint density at radius 3 is 2.45 bits per heavy atom. The number of β-amino-alcohol motifs (C(OH)–C–C–N with tert-alkyl or cyclic N) is 1. The van der Waals surface area contributed by atoms with Gasteiger partial charge in [-0.1, -0.05) is 19.1 Å². The number of methoxy groups -OCH3 is 1. The maximum absolute atomic E-state index is 17.6. The molecule has 7 aliphatic rings. The molecule has 1 aliphatic carbocycles. The highest BCUT2D eigenvalue weighted by molar-refractivity contribution is 6.02. The number of aryl methyl sites for hydroxylation is 2. The predicted molar refractivity (Wildman–Crippen MR) is 314 cm³/mol. The van der Waals surface area contributed by atoms with Gasteiger partial charge in [0.25, 0.3) is 0 Å². The van der Waals surface area contributed by atoms with Crippen molar-refractivity contribution in [1.82, 2.24) is 44.1 Å². The molecule has 3 aromatic carbocycles. The molecule has 6 aliphatic heterocycles. The van der Waals surface area contributed by atoms with E-state index in [1.54, 1.807) is 40.6 Å². The number of halogens is 2. The van der Waals surface area contributed by atoms with Crippen LogP contribution < -0.4 is 25.4 Å². The van der Waals surface area contributed by atoms with Crippen LogP contribution in [0.15, 0.2) is 53.5 Å². The van der Waals surface area contributed by atoms with Gasteiger partial charge < -0.3 is 34.0 Å². The third-order valence-corrected chi connectivity index (χ3v) is 20.6. The number of ether oxygens (including phenoxy) is 3. The van der Waals surface area contributed by atoms with Gasteiger partial charge in [-0.15, -0.1) is 0 Å². The zero-order valence-electron chi connectivity index (χ0n) is 48.7. The molecule has 7 fully saturated rings. The molecule has 1 unspecified atom stereocenters. The molecule has 6 saturated heterocycles. The number of imidazole rings is 1. The summed E-state index contributed by atoms with van der Waals surface area (Å²) in [5.41, 5.74) is 2.87. The largest absolute Gasteiger partial charge is 0.468 e. The summed E-state index contributed by atoms with van der Waals surface area (Å²) in [6, 6.07) is 13.4. The second-order valence-corrected chi connectivity index (χ2v) is 25.8. The van der Waals surface area contributed by atoms with Gasteiger partial charge in [0.1, 0.15) is 41.2 Å². The van der Waals surface area contributed by atoms with Crippen molar-refractivity contribution in [2.24, 2.45) is 12.5 Å². The highest BCUT2D eigenvalue weighted by Crippen LogP contribution is 2.52. The number of carbonyl (C=O) groups is 2. The second-order valence-electron chi connectivity index (χ2n) is 25.8. The molecule has 6 aromatic rings. The van der Waals surface area contributed by atoms with Gasteiger partial charge in [0, 0.05) is 57.5 Å². The van der Waals surface area contributed by atoms with Gasteiger partial charge in [-0.25, -0.2) is 13.6 Å². The quantitative estimate of drug-likeness (QED) is 0.0695. The molecule has 3 aromatic heterocycles. The number of pyridine rings is 1. The van der Waals surface area contributed by atoms with Crippen LogP contribution in [0.3, 0.4) is 0 Å². The first-order valence-electron chi connectivity index (χ1n) is 30.7. The van der Waals surface area contributed by atoms with E-state index in [1.165, 1.54) is 57.5 Å². The minimum atomic E-state index is -0.962. The first-order chi connectivity index (χ1) is 40.1. The third-order valence-electron chi connectivity index (χ3n) is 20.6. The van der Waals surface area contributed by atoms with E-state index in [1.807, 2.05) is 24.8 Å². The fourth-order valence-electron chi connectivity index (χ4n) is 16.1. The van der Waals surface area contributed by atoms with Crippen LogP contribution in [-0.4, -0.2) is 152 Å². The molecule has 0 bridgehead atoms. The van der Waals surface area contributed by atoms with Gasteiger partial charge in [-0.3, -0.25) is 33.9 Å². The van der Waals surface area contributed by atoms with E-state index < -0.39 is 23.4 Å². The maximum atomic E-state index is 17.6. The van der Waals surface area contributed by atoms with Gasteiger partial charge in [0.15, 0.2) is 12.6 Å². The molecule has 2 N–H and O–H groups in total. The van der Waals surface area contributed by atoms with E-state index >= 15 is 8.78 Å². The number of amides is 2. The Bertz CT molecular complexity index is 3530. The number of aliphatic hydroxyl groups is 1. The van der Waals surface area contributed by atoms with Crippen molar-refractivity contribution in [3.8, 4) is 23.0 Å². The number of imide groups is 1. The SMILES string of the molecule is CCc1c(F)ccc2cc(OCOC)cc(-c3ncc4c(N5CCC[C@@](C)(O)C5)nc(OC[C@@]56CCCN5[C@H](CCCN5CCC7(CC5)CC(N5CCC(c8ccc9c(c8)n(C)c(=O)n9C8CCC(=O)NC8=O)CC5)C7)CC6)nc4c3F)c12. The minimum Gasteiger partial charge on any atom is -0.468 e. The first kappa shape index (κ1) is 56.0. The normalized spacial score (nSPS) is 25.7. The summed E-state index contributed by atoms with van der Waals surface area (Å²) in [5.74, 6) is -0.407. The lowest BCUT2D eigenvalue weighted by Gasteiger charge is -2.56. The van der Waals surface area contributed by atoms with Gasteiger partial charge in [-0.05, 0) is 212 Å². The molecule has 1 saturated carbocycles. The van der Waals surface area contributed by atoms with Crippen molar-refractivity contribution in [1.29, 1.82) is 0 Å². The number of anilines is 1. The molecule has 0 radical (unpaired) electrons. The number of aromatic nitrogens is 5. The fourth-order valence-corrected chi connectivity index (χ4v) is 16.1. The number of nitrogens with one attached hydrogen (secondary N) is 1. The van der Waals surface area contributed by atoms with Crippen LogP contribution in [0.1, 0.15) is 140 Å². The van der Waals surface area contributed by atoms with Crippen LogP contribution in [0.25, 0.3) is 44.0 Å². The summed E-state index contributed by atoms with van der Waals surface area (Å²) in [6.07, 6.45) is 17.8. The first-order valence-corrected chi connectivity index (χ1v) is 30.7. The molecule has 9 heterocycles. The van der Waals surface area contributed by atoms with Crippen LogP contribution in [0.4, 0.5) is 14.6 Å². The smallest absolute Gasteiger partial charge is 0.329 e. The van der Waals surface area contributed by atoms with Crippen LogP contribution in [0.2, 0.25) is 0 Å². The van der Waals surface area contributed by atoms with Crippen molar-refractivity contribution in [3.63, 3.8) is 0 Å². The van der Waals surface area contributed by atoms with E-state index in [-0.39, 0.29) is 53.4 Å². The zero-order valence-corrected chi connectivity index (χ0v) is 48.7. The van der Waals surface area contributed by atoms with Crippen LogP contribution in [0.5, 0.6) is 11.8 Å². The van der Waals surface area contributed by atoms with E-state index in [2.05, 4.69) is 32.1 Å². The number of piperidine rings is 4. The Labute approximate surface area is 483 Å². The maximum Gasteiger partial charge on any atom is 0.329 e. The van der Waals surface area contributed by atoms with Crippen LogP contribution in [0, 0.1) is 17.0 Å². The van der Waals surface area contributed by atoms with Crippen molar-refractivity contribution >= 4 is 50.3 Å². The van der Waals surface area contributed by atoms with Crippen molar-refractivity contribution in [2.45, 2.75) is 158 Å². The van der Waals surface area contributed by atoms with E-state index in [0.717, 1.165) is 95.0 Å². The molecule has 1 spiro atoms. The number of rotatable bonds is 16. The van der Waals surface area contributed by atoms with Crippen LogP contribution >= 0.6 is 0 Å². The Morgan fingerprint density at radius 2 is 1.67 bits per heavy atom. The Kier molecular flexibility index (Phi) is 15.1. The molecular formula is C64H80F2N10O7. The third kappa shape index (κ3) is 10.5. The lowest BCUT2D eigenvalue weighted by atomic mass is 9.59. The van der Waals surface area contributed by atoms with Gasteiger partial charge >= 0.3 is 11.7 Å². The lowest BCUT2D eigenvalue weighted by molar-refractivity contribution is -0.135. The lowest BCUT2D eigenvalue weighted by Crippen LogP contribution is -2.56. The van der Waals surface area contributed by atoms with Crippen molar-refractivity contribution in [2.75, 3.05) is 77.8 Å². The molecule has 17 nitrogen and oxygen atoms in total. The Balaban J connectivity index is 0.623. The molecular weight excluding hydrogens is 1060 g/mol. The van der Waals surface area contributed by atoms with E-state index in [9.17, 15) is 19.5 Å². The highest BCUT2D eigenvalue weighted by atomic mass is 19.1. The van der Waals surface area contributed by atoms with Gasteiger partial charge in [-0.2, -0.15) is 9.97 Å². The minimum absolute atomic E-state index is 0.0173. The number of benzene rings is 3. The summed E-state index contributed by atoms with van der Waals surface area (Å²) >= 11 is 0. The monoisotopic (exact) mass is 1140 g/mol. The molecule has 442 valence electrons. The number of hydrogen-bond donors (Lipinski definition) is 2. The summed E-state index contributed by atoms with van der Waals surface area (Å²) in [4.78, 5) is 62.6. The average molecular weight is 1140 g/mol. The molecule has 13 rings (SSSR count). The summed E-state index contributed by atoms with van der Waals surface area (Å²) in [6.45, 7) is 11.7. The van der Waals surface area contributed by atoms with Gasteiger partial charge in [0.2, 0.25) is 11.8 Å². The number of hydrogen-bond acceptors (Lipinski definition) is 14. The molecule has 19 heteroatoms. The number of fused-ring (bicyclic) bond motifs is 4. The Hall–Kier alpha value is -6.12. The number of likely N-dealkylation sites (tertiary alicyclic amines) is 2. The summed E-state index contributed by atoms with van der Waals surface area (Å²) in [5, 5.41) is 15.3. The molecule has 83 heavy (non-hydrogen) atoms. The fraction of sp³-hybridized carbons (Fsp3) is 0.594. The summed E-state index contributed by atoms with van der Waals surface area (Å²) in [7, 11) is 3.30. The van der Waals surface area contributed by atoms with Crippen molar-refractivity contribution < 1.29 is 37.7 Å². The highest BCUT2D eigenvalue weighted by Gasteiger charge is 2.51. The van der Waals surface area contributed by atoms with Crippen LogP contribution in [-0.2, 0) is 27.8 Å². The zero-order chi connectivity index (χ0) is 57.4. The topological polar surface area (TPSA) is 173 Å². The van der Waals surface area contributed by atoms with Gasteiger partial charge in [0.05, 0.1) is 27.6 Å². The molecule has 2 amide bonds. The van der Waals surface area contributed by atoms with E-state index in [0.29, 0.717) is 101 Å². The number of carbonyl (C=O) groups excluding carboxylic acids is 2. The second kappa shape index (κ2) is 22.4. The average Bonchev–Trinajstić information content (AvgIpc) is 3.59. The standard InChI is InChI=1S/C64H80F2N10O7/c1-5-46-49(65)12-10-42-31-45(83-39-81-4)33-47(54(42)46)56-55(66)57-48(36-67-56)58(74-25-7-19-62(2,80)37-74)70-60(69-57)82-38-64-20-8-26-75(64)43(16-21-64)9-6-24-72-29-22-63(23-30-72)34-44(35-63)73-27-17-40(18-28-73)41-11-13-50-52(32-41)71(3)61(79)76(50)51-14-15-53(77)68-59(51)78/h10-13,31-33,36,40,43-44,51,80H,5-9,14-30,34-35,37-39H2,1-4H3,(H,68,77,78)/t43-,51?,62-,64+/m1/s1. The number of nitrogens with zero attached hydrogens (tertiary/aromatic N) is 9. The van der Waals surface area contributed by atoms with Crippen molar-refractivity contribution in [3.05, 3.63) is 81.9 Å². The predicted octanol–water partition coefficient (Wildman–Crippen LogP) is 8.93. The molecule has 4 atom stereocenters.